The van der Waals surface area contributed by atoms with Crippen molar-refractivity contribution in [2.45, 2.75) is 33.1 Å². The molecule has 4 N–H and O–H groups in total. The number of aliphatic carboxylic acids is 2. The van der Waals surface area contributed by atoms with E-state index in [9.17, 15) is 39.0 Å². The quantitative estimate of drug-likeness (QED) is 0.0760. The van der Waals surface area contributed by atoms with Gasteiger partial charge < -0.3 is 20.8 Å². The Balaban J connectivity index is 0.986. The molecule has 4 aliphatic heterocycles. The summed E-state index contributed by atoms with van der Waals surface area (Å²) >= 11 is 5.13. The van der Waals surface area contributed by atoms with E-state index >= 15 is 0 Å². The topological polar surface area (TPSA) is 261 Å². The smallest absolute Gasteiger partial charge is 0.352 e. The fraction of sp³-hybridized carbons (Fsp3) is 0.385. The molecule has 4 atom stereocenters. The number of carbonyl (C=O) groups excluding carboxylic acids is 4. The molecule has 6 rings (SSSR count). The van der Waals surface area contributed by atoms with Crippen LogP contribution in [-0.4, -0.2) is 142 Å². The zero-order chi connectivity index (χ0) is 35.7. The Labute approximate surface area is 298 Å². The number of nitrogens with one attached hydrogen (secondary N) is 2. The summed E-state index contributed by atoms with van der Waals surface area (Å²) in [6, 6.07) is -1.88. The number of nitrogens with zero attached hydrogens (tertiary/aromatic N) is 10. The summed E-state index contributed by atoms with van der Waals surface area (Å²) < 4.78 is 2.90. The largest absolute Gasteiger partial charge is 0.477 e. The minimum atomic E-state index is -1.25. The molecule has 4 amide bonds. The van der Waals surface area contributed by atoms with Crippen molar-refractivity contribution in [1.29, 1.82) is 0 Å². The Kier molecular flexibility index (Phi) is 10.3. The highest BCUT2D eigenvalue weighted by Crippen LogP contribution is 2.42. The Hall–Kier alpha value is -4.68. The summed E-state index contributed by atoms with van der Waals surface area (Å²) in [7, 11) is 3.31. The predicted molar refractivity (Wildman–Crippen MR) is 177 cm³/mol. The normalized spacial score (nSPS) is 23.2. The lowest BCUT2D eigenvalue weighted by atomic mass is 10.0. The van der Waals surface area contributed by atoms with Crippen LogP contribution in [0.1, 0.15) is 0 Å². The van der Waals surface area contributed by atoms with Crippen LogP contribution < -0.4 is 10.6 Å². The van der Waals surface area contributed by atoms with Gasteiger partial charge in [0.1, 0.15) is 34.2 Å². The molecule has 20 nitrogen and oxygen atoms in total. The van der Waals surface area contributed by atoms with Crippen LogP contribution in [0.5, 0.6) is 0 Å². The fourth-order valence-electron chi connectivity index (χ4n) is 5.27. The number of fused-ring (bicyclic) bond motifs is 2. The van der Waals surface area contributed by atoms with Gasteiger partial charge in [-0.1, -0.05) is 35.7 Å². The first-order chi connectivity index (χ1) is 24.0. The van der Waals surface area contributed by atoms with Crippen LogP contribution in [0.25, 0.3) is 0 Å². The molecule has 262 valence electrons. The molecule has 50 heavy (non-hydrogen) atoms. The highest BCUT2D eigenvalue weighted by Gasteiger charge is 2.55. The number of hydrogen-bond acceptors (Lipinski definition) is 16. The Morgan fingerprint density at radius 1 is 0.760 bits per heavy atom. The molecule has 2 saturated heterocycles. The van der Waals surface area contributed by atoms with Gasteiger partial charge in [0.05, 0.1) is 0 Å². The summed E-state index contributed by atoms with van der Waals surface area (Å²) in [4.78, 5) is 77.4. The van der Waals surface area contributed by atoms with Gasteiger partial charge in [-0.25, -0.2) is 19.0 Å². The second-order valence-corrected chi connectivity index (χ2v) is 14.9. The molecule has 4 aliphatic rings. The zero-order valence-corrected chi connectivity index (χ0v) is 29.2. The van der Waals surface area contributed by atoms with Crippen LogP contribution in [-0.2, 0) is 42.9 Å². The van der Waals surface area contributed by atoms with Crippen LogP contribution >= 0.6 is 47.0 Å². The van der Waals surface area contributed by atoms with Gasteiger partial charge in [0, 0.05) is 49.3 Å². The van der Waals surface area contributed by atoms with E-state index < -0.39 is 58.4 Å². The van der Waals surface area contributed by atoms with Gasteiger partial charge in [-0.3, -0.25) is 29.0 Å². The zero-order valence-electron chi connectivity index (χ0n) is 25.9. The second kappa shape index (κ2) is 14.7. The lowest BCUT2D eigenvalue weighted by molar-refractivity contribution is -0.150. The minimum Gasteiger partial charge on any atom is -0.477 e. The van der Waals surface area contributed by atoms with E-state index in [2.05, 4.69) is 41.7 Å². The third-order valence-electron chi connectivity index (χ3n) is 7.61. The number of tetrazole rings is 2. The summed E-state index contributed by atoms with van der Waals surface area (Å²) in [5, 5.41) is 46.9. The summed E-state index contributed by atoms with van der Waals surface area (Å²) in [6.45, 7) is 0. The number of amides is 4. The molecule has 2 fully saturated rings. The van der Waals surface area contributed by atoms with Crippen LogP contribution in [0.2, 0.25) is 0 Å². The average molecular weight is 763 g/mol. The predicted octanol–water partition coefficient (Wildman–Crippen LogP) is -1.79. The van der Waals surface area contributed by atoms with E-state index in [0.717, 1.165) is 12.2 Å². The molecule has 0 saturated carbocycles. The number of allylic oxidation sites excluding steroid dienone is 2. The molecule has 0 unspecified atom stereocenters. The summed E-state index contributed by atoms with van der Waals surface area (Å²) in [5.74, 6) is -3.73. The molecule has 2 aromatic rings. The summed E-state index contributed by atoms with van der Waals surface area (Å²) in [5.41, 5.74) is 0.812. The fourth-order valence-corrected chi connectivity index (χ4v) is 9.94. The molecular formula is C26H26N12O8S4. The van der Waals surface area contributed by atoms with Crippen molar-refractivity contribution >= 4 is 82.6 Å². The number of aryl methyl sites for hydroxylation is 2. The number of carboxylic acids is 2. The van der Waals surface area contributed by atoms with Crippen molar-refractivity contribution in [3.63, 3.8) is 0 Å². The Bertz CT molecular complexity index is 1770. The van der Waals surface area contributed by atoms with E-state index in [4.69, 9.17) is 0 Å². The van der Waals surface area contributed by atoms with Crippen LogP contribution in [0, 0.1) is 0 Å². The number of carbonyl (C=O) groups is 6. The van der Waals surface area contributed by atoms with Gasteiger partial charge >= 0.3 is 11.9 Å². The van der Waals surface area contributed by atoms with Gasteiger partial charge in [0.15, 0.2) is 0 Å². The van der Waals surface area contributed by atoms with Crippen molar-refractivity contribution in [3.8, 4) is 0 Å². The number of rotatable bonds is 13. The maximum atomic E-state index is 12.9. The van der Waals surface area contributed by atoms with Gasteiger partial charge in [0.25, 0.3) is 11.8 Å². The molecule has 2 aromatic heterocycles. The van der Waals surface area contributed by atoms with E-state index in [1.54, 1.807) is 14.1 Å². The van der Waals surface area contributed by atoms with Crippen molar-refractivity contribution in [2.24, 2.45) is 14.1 Å². The van der Waals surface area contributed by atoms with Gasteiger partial charge in [-0.2, -0.15) is 0 Å². The van der Waals surface area contributed by atoms with Crippen molar-refractivity contribution in [1.82, 2.24) is 60.8 Å². The second-order valence-electron chi connectivity index (χ2n) is 10.8. The average Bonchev–Trinajstić information content (AvgIpc) is 3.71. The molecule has 0 bridgehead atoms. The van der Waals surface area contributed by atoms with Gasteiger partial charge in [0.2, 0.25) is 22.1 Å². The standard InChI is InChI=1S/C26H26N12O8S4/c1-35-25(29-31-33-35)49-9-11-7-47-21-15(19(41)37(21)17(11)23(43)44)27-13(39)5-3-4-6-14(40)28-16-20(42)38-18(24(45)46)12(8-48-22(16)38)10-50-26-30-32-34-36(26)2/h3-6,15-16,21-22H,7-10H2,1-2H3,(H,27,39)(H,28,40)(H,43,44)(H,45,46)/b5-3+,6-4+/t15-,16-,21-,22-/m1/s1. The van der Waals surface area contributed by atoms with E-state index in [1.165, 1.54) is 78.4 Å². The maximum Gasteiger partial charge on any atom is 0.352 e. The van der Waals surface area contributed by atoms with Gasteiger partial charge in [-0.05, 0) is 32.0 Å². The van der Waals surface area contributed by atoms with Crippen molar-refractivity contribution < 1.29 is 39.0 Å². The monoisotopic (exact) mass is 762 g/mol. The van der Waals surface area contributed by atoms with Crippen LogP contribution in [0.15, 0.2) is 57.2 Å². The highest BCUT2D eigenvalue weighted by atomic mass is 32.2. The maximum absolute atomic E-state index is 12.9. The SMILES string of the molecule is Cn1nnnc1SCC1=C(C(=O)O)N2C(=O)[C@@H](NC(=O)/C=C/C=C/C(=O)N[C@@H]3C(=O)N4C(C(=O)O)=C(CSc5nnnn5C)CS[C@H]34)[C@H]2SC1. The molecule has 0 aromatic carbocycles. The van der Waals surface area contributed by atoms with Crippen molar-refractivity contribution in [3.05, 3.63) is 46.8 Å². The Morgan fingerprint density at radius 2 is 1.16 bits per heavy atom. The van der Waals surface area contributed by atoms with E-state index in [-0.39, 0.29) is 22.9 Å². The number of β-lactam (4-membered cyclic amide) rings is 2. The Morgan fingerprint density at radius 3 is 1.50 bits per heavy atom. The number of hydrogen-bond donors (Lipinski definition) is 4. The van der Waals surface area contributed by atoms with Crippen LogP contribution in [0.3, 0.4) is 0 Å². The lowest BCUT2D eigenvalue weighted by Gasteiger charge is -2.49. The third-order valence-corrected chi connectivity index (χ3v) is 12.5. The first kappa shape index (κ1) is 35.2. The van der Waals surface area contributed by atoms with Crippen LogP contribution in [0.4, 0.5) is 0 Å². The molecule has 0 radical (unpaired) electrons. The lowest BCUT2D eigenvalue weighted by Crippen LogP contribution is -2.70. The highest BCUT2D eigenvalue weighted by molar-refractivity contribution is 8.01. The van der Waals surface area contributed by atoms with Crippen molar-refractivity contribution in [2.75, 3.05) is 23.0 Å². The number of carboxylic acid groups (broad SMARTS) is 2. The molecule has 0 spiro atoms. The van der Waals surface area contributed by atoms with Gasteiger partial charge in [-0.15, -0.1) is 33.7 Å². The van der Waals surface area contributed by atoms with E-state index in [0.29, 0.717) is 33.0 Å². The first-order valence-corrected chi connectivity index (χ1v) is 18.5. The third kappa shape index (κ3) is 6.86. The number of aromatic nitrogens is 8. The molecule has 0 aliphatic carbocycles. The first-order valence-electron chi connectivity index (χ1n) is 14.4. The minimum absolute atomic E-state index is 0.123. The number of thioether (sulfide) groups is 4. The molecule has 24 heteroatoms. The van der Waals surface area contributed by atoms with E-state index in [1.807, 2.05) is 0 Å². The summed E-state index contributed by atoms with van der Waals surface area (Å²) in [6.07, 6.45) is 4.75. The molecular weight excluding hydrogens is 737 g/mol. The molecule has 6 heterocycles.